The number of alkyl halides is 1. The molecule has 0 aromatic rings. The summed E-state index contributed by atoms with van der Waals surface area (Å²) >= 11 is 6.20. The van der Waals surface area contributed by atoms with E-state index >= 15 is 0 Å². The minimum absolute atomic E-state index is 0.0361. The first-order valence-corrected chi connectivity index (χ1v) is 7.69. The Hall–Kier alpha value is -0.240. The van der Waals surface area contributed by atoms with Gasteiger partial charge in [0.2, 0.25) is 5.91 Å². The summed E-state index contributed by atoms with van der Waals surface area (Å²) in [6.45, 7) is 9.28. The minimum atomic E-state index is 0.0361. The van der Waals surface area contributed by atoms with Crippen LogP contribution in [0.1, 0.15) is 72.6 Å². The highest BCUT2D eigenvalue weighted by molar-refractivity contribution is 6.20. The van der Waals surface area contributed by atoms with E-state index in [1.54, 1.807) is 0 Å². The molecular weight excluding hydrogens is 246 g/mol. The Morgan fingerprint density at radius 3 is 2.33 bits per heavy atom. The lowest BCUT2D eigenvalue weighted by Crippen LogP contribution is -2.31. The second kappa shape index (κ2) is 9.66. The maximum absolute atomic E-state index is 11.6. The molecule has 1 amide bonds. The van der Waals surface area contributed by atoms with Gasteiger partial charge in [0.05, 0.1) is 5.38 Å². The van der Waals surface area contributed by atoms with Gasteiger partial charge < -0.3 is 5.32 Å². The molecule has 0 heterocycles. The molecule has 2 nitrogen and oxygen atoms in total. The molecule has 0 radical (unpaired) electrons. The van der Waals surface area contributed by atoms with E-state index in [0.717, 1.165) is 19.3 Å². The number of nitrogens with one attached hydrogen (secondary N) is 1. The molecule has 0 aliphatic carbocycles. The monoisotopic (exact) mass is 275 g/mol. The van der Waals surface area contributed by atoms with Crippen LogP contribution in [0, 0.1) is 5.41 Å². The van der Waals surface area contributed by atoms with Crippen LogP contribution >= 0.6 is 11.6 Å². The van der Waals surface area contributed by atoms with Gasteiger partial charge in [-0.05, 0) is 18.3 Å². The Bertz CT molecular complexity index is 223. The number of amides is 1. The minimum Gasteiger partial charge on any atom is -0.355 e. The molecule has 3 heteroatoms. The van der Waals surface area contributed by atoms with Crippen LogP contribution < -0.4 is 5.32 Å². The lowest BCUT2D eigenvalue weighted by molar-refractivity contribution is -0.121. The second-order valence-electron chi connectivity index (χ2n) is 6.33. The van der Waals surface area contributed by atoms with Gasteiger partial charge in [0, 0.05) is 13.0 Å². The highest BCUT2D eigenvalue weighted by atomic mass is 35.5. The molecule has 1 unspecified atom stereocenters. The third-order valence-corrected chi connectivity index (χ3v) is 3.17. The molecule has 0 rings (SSSR count). The molecule has 0 aliphatic heterocycles. The van der Waals surface area contributed by atoms with Crippen molar-refractivity contribution in [3.8, 4) is 0 Å². The number of carbonyl (C=O) groups is 1. The highest BCUT2D eigenvalue weighted by Crippen LogP contribution is 2.23. The van der Waals surface area contributed by atoms with E-state index in [9.17, 15) is 4.79 Å². The van der Waals surface area contributed by atoms with Gasteiger partial charge in [0.1, 0.15) is 0 Å². The molecule has 0 fully saturated rings. The summed E-state index contributed by atoms with van der Waals surface area (Å²) in [4.78, 5) is 11.6. The Kier molecular flexibility index (Phi) is 9.53. The van der Waals surface area contributed by atoms with Crippen LogP contribution in [0.25, 0.3) is 0 Å². The largest absolute Gasteiger partial charge is 0.355 e. The normalized spacial score (nSPS) is 13.4. The summed E-state index contributed by atoms with van der Waals surface area (Å²) in [6.07, 6.45) is 7.48. The average molecular weight is 276 g/mol. The van der Waals surface area contributed by atoms with E-state index in [0.29, 0.717) is 13.0 Å². The van der Waals surface area contributed by atoms with E-state index in [2.05, 4.69) is 33.0 Å². The Morgan fingerprint density at radius 1 is 1.17 bits per heavy atom. The third-order valence-electron chi connectivity index (χ3n) is 2.86. The zero-order valence-electron chi connectivity index (χ0n) is 12.5. The first-order valence-electron chi connectivity index (χ1n) is 7.26. The van der Waals surface area contributed by atoms with Gasteiger partial charge in [-0.3, -0.25) is 4.79 Å². The molecule has 0 saturated carbocycles. The van der Waals surface area contributed by atoms with Crippen LogP contribution in [0.2, 0.25) is 0 Å². The van der Waals surface area contributed by atoms with Gasteiger partial charge in [-0.15, -0.1) is 11.6 Å². The second-order valence-corrected chi connectivity index (χ2v) is 6.95. The molecule has 0 aromatic carbocycles. The smallest absolute Gasteiger partial charge is 0.220 e. The standard InChI is InChI=1S/C15H30ClNO/c1-5-6-7-8-9-10-14(18)17-12-13(16)11-15(2,3)4/h13H,5-12H2,1-4H3,(H,17,18). The fourth-order valence-electron chi connectivity index (χ4n) is 1.94. The summed E-state index contributed by atoms with van der Waals surface area (Å²) in [7, 11) is 0. The number of carbonyl (C=O) groups excluding carboxylic acids is 1. The summed E-state index contributed by atoms with van der Waals surface area (Å²) < 4.78 is 0. The van der Waals surface area contributed by atoms with Crippen LogP contribution in [0.4, 0.5) is 0 Å². The van der Waals surface area contributed by atoms with E-state index in [4.69, 9.17) is 11.6 Å². The van der Waals surface area contributed by atoms with Crippen molar-refractivity contribution in [3.63, 3.8) is 0 Å². The van der Waals surface area contributed by atoms with Crippen molar-refractivity contribution in [1.29, 1.82) is 0 Å². The van der Waals surface area contributed by atoms with Crippen molar-refractivity contribution < 1.29 is 4.79 Å². The van der Waals surface area contributed by atoms with Crippen molar-refractivity contribution in [3.05, 3.63) is 0 Å². The highest BCUT2D eigenvalue weighted by Gasteiger charge is 2.17. The molecule has 0 saturated heterocycles. The van der Waals surface area contributed by atoms with Crippen LogP contribution in [0.5, 0.6) is 0 Å². The van der Waals surface area contributed by atoms with E-state index in [1.165, 1.54) is 19.3 Å². The van der Waals surface area contributed by atoms with Crippen molar-refractivity contribution in [2.75, 3.05) is 6.54 Å². The summed E-state index contributed by atoms with van der Waals surface area (Å²) in [5.41, 5.74) is 0.220. The predicted molar refractivity (Wildman–Crippen MR) is 80.1 cm³/mol. The average Bonchev–Trinajstić information content (AvgIpc) is 2.24. The summed E-state index contributed by atoms with van der Waals surface area (Å²) in [5.74, 6) is 0.144. The van der Waals surface area contributed by atoms with E-state index < -0.39 is 0 Å². The quantitative estimate of drug-likeness (QED) is 0.487. The lowest BCUT2D eigenvalue weighted by atomic mass is 9.90. The number of rotatable bonds is 9. The number of halogens is 1. The van der Waals surface area contributed by atoms with Crippen molar-refractivity contribution >= 4 is 17.5 Å². The summed E-state index contributed by atoms with van der Waals surface area (Å²) in [5, 5.41) is 2.96. The molecule has 0 spiro atoms. The Labute approximate surface area is 118 Å². The Balaban J connectivity index is 3.52. The molecule has 1 N–H and O–H groups in total. The molecule has 18 heavy (non-hydrogen) atoms. The molecule has 1 atom stereocenters. The zero-order valence-corrected chi connectivity index (χ0v) is 13.3. The van der Waals surface area contributed by atoms with Gasteiger partial charge in [-0.25, -0.2) is 0 Å². The first-order chi connectivity index (χ1) is 8.35. The Morgan fingerprint density at radius 2 is 1.78 bits per heavy atom. The van der Waals surface area contributed by atoms with Gasteiger partial charge >= 0.3 is 0 Å². The molecule has 108 valence electrons. The summed E-state index contributed by atoms with van der Waals surface area (Å²) in [6, 6.07) is 0. The fourth-order valence-corrected chi connectivity index (χ4v) is 2.48. The van der Waals surface area contributed by atoms with Crippen molar-refractivity contribution in [1.82, 2.24) is 5.32 Å². The van der Waals surface area contributed by atoms with Gasteiger partial charge in [-0.1, -0.05) is 53.4 Å². The maximum atomic E-state index is 11.6. The molecular formula is C15H30ClNO. The zero-order chi connectivity index (χ0) is 14.0. The van der Waals surface area contributed by atoms with Crippen LogP contribution in [0.15, 0.2) is 0 Å². The first kappa shape index (κ1) is 17.8. The van der Waals surface area contributed by atoms with Gasteiger partial charge in [0.15, 0.2) is 0 Å². The lowest BCUT2D eigenvalue weighted by Gasteiger charge is -2.21. The van der Waals surface area contributed by atoms with Gasteiger partial charge in [-0.2, -0.15) is 0 Å². The molecule has 0 aromatic heterocycles. The predicted octanol–water partition coefficient (Wildman–Crippen LogP) is 4.51. The number of unbranched alkanes of at least 4 members (excludes halogenated alkanes) is 4. The van der Waals surface area contributed by atoms with E-state index in [1.807, 2.05) is 0 Å². The van der Waals surface area contributed by atoms with Crippen LogP contribution in [0.3, 0.4) is 0 Å². The van der Waals surface area contributed by atoms with E-state index in [-0.39, 0.29) is 16.7 Å². The van der Waals surface area contributed by atoms with Crippen LogP contribution in [-0.4, -0.2) is 17.8 Å². The number of hydrogen-bond donors (Lipinski definition) is 1. The van der Waals surface area contributed by atoms with Crippen LogP contribution in [-0.2, 0) is 4.79 Å². The van der Waals surface area contributed by atoms with Crippen molar-refractivity contribution in [2.45, 2.75) is 78.0 Å². The molecule has 0 bridgehead atoms. The maximum Gasteiger partial charge on any atom is 0.220 e. The molecule has 0 aliphatic rings. The van der Waals surface area contributed by atoms with Gasteiger partial charge in [0.25, 0.3) is 0 Å². The van der Waals surface area contributed by atoms with Crippen molar-refractivity contribution in [2.24, 2.45) is 5.41 Å². The third kappa shape index (κ3) is 12.2. The topological polar surface area (TPSA) is 29.1 Å². The fraction of sp³-hybridized carbons (Fsp3) is 0.933. The SMILES string of the molecule is CCCCCCCC(=O)NCC(Cl)CC(C)(C)C. The number of hydrogen-bond acceptors (Lipinski definition) is 1.